The third-order valence-electron chi connectivity index (χ3n) is 6.11. The lowest BCUT2D eigenvalue weighted by molar-refractivity contribution is 0.869. The Balaban J connectivity index is 1.96. The van der Waals surface area contributed by atoms with Crippen LogP contribution in [0.25, 0.3) is 33.4 Å². The Kier molecular flexibility index (Phi) is 4.75. The lowest BCUT2D eigenvalue weighted by atomic mass is 9.95. The molecule has 4 rings (SSSR count). The van der Waals surface area contributed by atoms with E-state index in [9.17, 15) is 0 Å². The molecule has 0 saturated carbocycles. The fourth-order valence-electron chi connectivity index (χ4n) is 4.28. The first-order valence-electron chi connectivity index (χ1n) is 10.4. The number of hydrogen-bond donors (Lipinski definition) is 0. The number of rotatable bonds is 3. The van der Waals surface area contributed by atoms with Crippen molar-refractivity contribution in [3.8, 4) is 33.4 Å². The Bertz CT molecular complexity index is 1080. The largest absolute Gasteiger partial charge is 0.0587 e. The fraction of sp³-hybridized carbons (Fsp3) is 0.286. The number of aryl methyl sites for hydroxylation is 2. The smallest absolute Gasteiger partial charge is 0.00758 e. The highest BCUT2D eigenvalue weighted by atomic mass is 14.2. The molecule has 0 nitrogen and oxygen atoms in total. The van der Waals surface area contributed by atoms with Crippen molar-refractivity contribution >= 4 is 0 Å². The molecule has 0 amide bonds. The first kappa shape index (κ1) is 18.7. The van der Waals surface area contributed by atoms with E-state index >= 15 is 0 Å². The molecule has 0 fully saturated rings. The highest BCUT2D eigenvalue weighted by Gasteiger charge is 2.20. The lowest BCUT2D eigenvalue weighted by Crippen LogP contribution is -1.85. The van der Waals surface area contributed by atoms with Crippen LogP contribution in [-0.4, -0.2) is 0 Å². The molecule has 0 aliphatic heterocycles. The zero-order valence-electron chi connectivity index (χ0n) is 17.9. The summed E-state index contributed by atoms with van der Waals surface area (Å²) in [7, 11) is 0. The van der Waals surface area contributed by atoms with Gasteiger partial charge in [0.1, 0.15) is 0 Å². The van der Waals surface area contributed by atoms with Crippen molar-refractivity contribution in [2.75, 3.05) is 0 Å². The quantitative estimate of drug-likeness (QED) is 0.341. The van der Waals surface area contributed by atoms with Crippen LogP contribution in [0.3, 0.4) is 0 Å². The van der Waals surface area contributed by atoms with Gasteiger partial charge in [-0.1, -0.05) is 88.4 Å². The van der Waals surface area contributed by atoms with Gasteiger partial charge in [0.2, 0.25) is 0 Å². The van der Waals surface area contributed by atoms with E-state index in [1.807, 2.05) is 0 Å². The van der Waals surface area contributed by atoms with Crippen LogP contribution in [0, 0.1) is 13.8 Å². The number of hydrogen-bond acceptors (Lipinski definition) is 0. The van der Waals surface area contributed by atoms with E-state index in [4.69, 9.17) is 0 Å². The fourth-order valence-corrected chi connectivity index (χ4v) is 4.28. The predicted octanol–water partition coefficient (Wildman–Crippen LogP) is 8.43. The molecule has 4 aliphatic carbocycles. The average molecular weight is 367 g/mol. The molecule has 4 aliphatic rings. The monoisotopic (exact) mass is 366 g/mol. The van der Waals surface area contributed by atoms with E-state index in [1.54, 1.807) is 0 Å². The first-order chi connectivity index (χ1) is 13.4. The minimum absolute atomic E-state index is 0.516. The molecule has 0 bridgehead atoms. The van der Waals surface area contributed by atoms with Gasteiger partial charge in [0.15, 0.2) is 0 Å². The lowest BCUT2D eigenvalue weighted by Gasteiger charge is -2.09. The van der Waals surface area contributed by atoms with Crippen LogP contribution < -0.4 is 0 Å². The molecule has 0 heteroatoms. The Morgan fingerprint density at radius 2 is 1.07 bits per heavy atom. The summed E-state index contributed by atoms with van der Waals surface area (Å²) in [6.45, 7) is 13.5. The van der Waals surface area contributed by atoms with E-state index in [2.05, 4.69) is 102 Å². The van der Waals surface area contributed by atoms with Crippen LogP contribution in [0.15, 0.2) is 60.7 Å². The van der Waals surface area contributed by atoms with Crippen molar-refractivity contribution in [1.82, 2.24) is 0 Å². The second kappa shape index (κ2) is 7.09. The third-order valence-corrected chi connectivity index (χ3v) is 6.11. The van der Waals surface area contributed by atoms with Gasteiger partial charge in [-0.05, 0) is 81.3 Å². The van der Waals surface area contributed by atoms with Crippen molar-refractivity contribution in [2.24, 2.45) is 0 Å². The van der Waals surface area contributed by atoms with Gasteiger partial charge in [0, 0.05) is 0 Å². The summed E-state index contributed by atoms with van der Waals surface area (Å²) in [5.74, 6) is 1.05. The van der Waals surface area contributed by atoms with Crippen molar-refractivity contribution in [1.29, 1.82) is 0 Å². The molecule has 0 saturated heterocycles. The topological polar surface area (TPSA) is 0 Å². The zero-order valence-corrected chi connectivity index (χ0v) is 17.9. The average Bonchev–Trinajstić information content (AvgIpc) is 3.15. The molecule has 0 aromatic carbocycles. The SMILES string of the molecule is Cc1ccc(C(C)C)cc2c(-c3ccc4cc(C(C)C)ccc(C)c3-4)ccc1-2. The van der Waals surface area contributed by atoms with E-state index in [-0.39, 0.29) is 0 Å². The minimum Gasteiger partial charge on any atom is -0.0587 e. The van der Waals surface area contributed by atoms with Gasteiger partial charge in [-0.3, -0.25) is 0 Å². The van der Waals surface area contributed by atoms with Crippen LogP contribution in [0.4, 0.5) is 0 Å². The van der Waals surface area contributed by atoms with Crippen LogP contribution in [0.1, 0.15) is 61.8 Å². The first-order valence-corrected chi connectivity index (χ1v) is 10.4. The molecule has 0 unspecified atom stereocenters. The standard InChI is InChI=1S/C28H30/c1-17(2)21-10-8-20(6)28-23(15-21)11-12-26(28)25-14-13-24-19(5)7-9-22(18(3)4)16-27(24)25/h7-18H,1-6H3. The summed E-state index contributed by atoms with van der Waals surface area (Å²) in [5.41, 5.74) is 13.6. The van der Waals surface area contributed by atoms with Gasteiger partial charge in [0.05, 0.1) is 0 Å². The molecular weight excluding hydrogens is 336 g/mol. The van der Waals surface area contributed by atoms with Crippen molar-refractivity contribution < 1.29 is 0 Å². The molecule has 0 N–H and O–H groups in total. The van der Waals surface area contributed by atoms with E-state index in [1.165, 1.54) is 55.6 Å². The molecule has 0 spiro atoms. The third kappa shape index (κ3) is 3.11. The summed E-state index contributed by atoms with van der Waals surface area (Å²) in [5, 5.41) is 0. The van der Waals surface area contributed by atoms with E-state index < -0.39 is 0 Å². The van der Waals surface area contributed by atoms with E-state index in [0.29, 0.717) is 11.8 Å². The highest BCUT2D eigenvalue weighted by Crippen LogP contribution is 2.45. The second-order valence-electron chi connectivity index (χ2n) is 8.78. The molecule has 0 heterocycles. The molecular formula is C28H30. The Hall–Kier alpha value is -2.60. The summed E-state index contributed by atoms with van der Waals surface area (Å²) < 4.78 is 0. The highest BCUT2D eigenvalue weighted by molar-refractivity contribution is 5.96. The van der Waals surface area contributed by atoms with Gasteiger partial charge in [-0.2, -0.15) is 0 Å². The van der Waals surface area contributed by atoms with Crippen LogP contribution >= 0.6 is 0 Å². The van der Waals surface area contributed by atoms with Crippen molar-refractivity contribution in [3.05, 3.63) is 82.9 Å². The van der Waals surface area contributed by atoms with Gasteiger partial charge in [0.25, 0.3) is 0 Å². The summed E-state index contributed by atoms with van der Waals surface area (Å²) >= 11 is 0. The molecule has 0 radical (unpaired) electrons. The van der Waals surface area contributed by atoms with Gasteiger partial charge >= 0.3 is 0 Å². The number of fused-ring (bicyclic) bond motifs is 2. The summed E-state index contributed by atoms with van der Waals surface area (Å²) in [4.78, 5) is 0. The molecule has 142 valence electrons. The van der Waals surface area contributed by atoms with Crippen molar-refractivity contribution in [3.63, 3.8) is 0 Å². The summed E-state index contributed by atoms with van der Waals surface area (Å²) in [6.07, 6.45) is 0. The van der Waals surface area contributed by atoms with Crippen LogP contribution in [0.5, 0.6) is 0 Å². The Morgan fingerprint density at radius 3 is 1.75 bits per heavy atom. The van der Waals surface area contributed by atoms with Gasteiger partial charge in [-0.25, -0.2) is 0 Å². The molecule has 0 atom stereocenters. The minimum atomic E-state index is 0.516. The van der Waals surface area contributed by atoms with Crippen molar-refractivity contribution in [2.45, 2.75) is 53.4 Å². The zero-order chi connectivity index (χ0) is 20.0. The Morgan fingerprint density at radius 1 is 0.500 bits per heavy atom. The van der Waals surface area contributed by atoms with Crippen LogP contribution in [0.2, 0.25) is 0 Å². The second-order valence-corrected chi connectivity index (χ2v) is 8.78. The Labute approximate surface area is 169 Å². The maximum Gasteiger partial charge on any atom is -0.00758 e. The van der Waals surface area contributed by atoms with E-state index in [0.717, 1.165) is 0 Å². The maximum atomic E-state index is 2.40. The van der Waals surface area contributed by atoms with Crippen LogP contribution in [-0.2, 0) is 0 Å². The van der Waals surface area contributed by atoms with Gasteiger partial charge < -0.3 is 0 Å². The predicted molar refractivity (Wildman–Crippen MR) is 123 cm³/mol. The molecule has 28 heavy (non-hydrogen) atoms. The van der Waals surface area contributed by atoms with Gasteiger partial charge in [-0.15, -0.1) is 0 Å². The maximum absolute atomic E-state index is 2.40. The molecule has 0 aromatic heterocycles. The normalized spacial score (nSPS) is 11.9. The summed E-state index contributed by atoms with van der Waals surface area (Å²) in [6, 6.07) is 23.1. The molecule has 0 aromatic rings.